The van der Waals surface area contributed by atoms with Gasteiger partial charge >= 0.3 is 0 Å². The Hall–Kier alpha value is -2.72. The molecule has 0 saturated carbocycles. The number of thioether (sulfide) groups is 1. The molecule has 4 rings (SSSR count). The van der Waals surface area contributed by atoms with Gasteiger partial charge in [-0.25, -0.2) is 17.5 Å². The molecule has 0 saturated heterocycles. The fourth-order valence-corrected chi connectivity index (χ4v) is 5.88. The number of aryl methyl sites for hydroxylation is 2. The van der Waals surface area contributed by atoms with Crippen molar-refractivity contribution in [3.05, 3.63) is 100 Å². The molecular weight excluding hydrogens is 507 g/mol. The summed E-state index contributed by atoms with van der Waals surface area (Å²) in [6.45, 7) is 5.67. The smallest absolute Gasteiger partial charge is 0.241 e. The van der Waals surface area contributed by atoms with Crippen molar-refractivity contribution in [1.29, 1.82) is 0 Å². The third-order valence-electron chi connectivity index (χ3n) is 5.36. The van der Waals surface area contributed by atoms with Crippen molar-refractivity contribution in [2.45, 2.75) is 42.6 Å². The van der Waals surface area contributed by atoms with Crippen LogP contribution in [0.3, 0.4) is 0 Å². The number of aromatic nitrogens is 3. The van der Waals surface area contributed by atoms with Crippen molar-refractivity contribution >= 4 is 33.4 Å². The van der Waals surface area contributed by atoms with Crippen LogP contribution in [-0.2, 0) is 15.8 Å². The van der Waals surface area contributed by atoms with Gasteiger partial charge in [-0.2, -0.15) is 0 Å². The number of benzene rings is 3. The van der Waals surface area contributed by atoms with Gasteiger partial charge in [0.15, 0.2) is 11.0 Å². The van der Waals surface area contributed by atoms with E-state index in [2.05, 4.69) is 21.0 Å². The van der Waals surface area contributed by atoms with Crippen LogP contribution in [0.1, 0.15) is 35.5 Å². The highest BCUT2D eigenvalue weighted by molar-refractivity contribution is 7.98. The summed E-state index contributed by atoms with van der Waals surface area (Å²) in [6, 6.07) is 17.6. The Balaban J connectivity index is 1.70. The summed E-state index contributed by atoms with van der Waals surface area (Å²) < 4.78 is 43.6. The minimum absolute atomic E-state index is 0.0372. The molecule has 1 aromatic heterocycles. The van der Waals surface area contributed by atoms with Crippen LogP contribution in [-0.4, -0.2) is 23.2 Å². The van der Waals surface area contributed by atoms with Crippen molar-refractivity contribution in [3.8, 4) is 5.69 Å². The maximum Gasteiger partial charge on any atom is 0.241 e. The van der Waals surface area contributed by atoms with Gasteiger partial charge in [0.25, 0.3) is 0 Å². The maximum absolute atomic E-state index is 13.3. The molecule has 1 heterocycles. The second-order valence-corrected chi connectivity index (χ2v) is 11.3. The van der Waals surface area contributed by atoms with Crippen molar-refractivity contribution in [2.24, 2.45) is 0 Å². The van der Waals surface area contributed by atoms with E-state index in [9.17, 15) is 12.8 Å². The first-order valence-corrected chi connectivity index (χ1v) is 13.7. The molecule has 182 valence electrons. The van der Waals surface area contributed by atoms with E-state index in [-0.39, 0.29) is 4.90 Å². The first kappa shape index (κ1) is 25.4. The van der Waals surface area contributed by atoms with E-state index in [1.807, 2.05) is 48.7 Å². The van der Waals surface area contributed by atoms with Crippen molar-refractivity contribution in [3.63, 3.8) is 0 Å². The van der Waals surface area contributed by atoms with Gasteiger partial charge in [0.2, 0.25) is 10.0 Å². The topological polar surface area (TPSA) is 76.9 Å². The number of hydrogen-bond donors (Lipinski definition) is 1. The number of nitrogens with one attached hydrogen (secondary N) is 1. The van der Waals surface area contributed by atoms with Crippen LogP contribution in [0.5, 0.6) is 0 Å². The van der Waals surface area contributed by atoms with Crippen molar-refractivity contribution in [2.75, 3.05) is 0 Å². The fraction of sp³-hybridized carbons (Fsp3) is 0.200. The standard InChI is InChI=1S/C25H24ClFN4O2S2/c1-16-5-4-6-19(13-16)15-34-25-29-28-24(31(25)23-14-20(26)8-7-17(23)2)18(3)30-35(32,33)22-11-9-21(27)10-12-22/h4-14,18,30H,15H2,1-3H3. The number of sulfonamides is 1. The number of halogens is 2. The lowest BCUT2D eigenvalue weighted by molar-refractivity contribution is 0.555. The highest BCUT2D eigenvalue weighted by atomic mass is 35.5. The van der Waals surface area contributed by atoms with Crippen molar-refractivity contribution < 1.29 is 12.8 Å². The monoisotopic (exact) mass is 530 g/mol. The van der Waals surface area contributed by atoms with E-state index >= 15 is 0 Å². The molecule has 0 bridgehead atoms. The molecule has 0 amide bonds. The molecule has 0 radical (unpaired) electrons. The Labute approximate surface area is 213 Å². The summed E-state index contributed by atoms with van der Waals surface area (Å²) in [5, 5.41) is 9.88. The maximum atomic E-state index is 13.3. The average molecular weight is 531 g/mol. The molecule has 1 unspecified atom stereocenters. The minimum Gasteiger partial charge on any atom is -0.272 e. The van der Waals surface area contributed by atoms with Gasteiger partial charge in [0.1, 0.15) is 5.82 Å². The summed E-state index contributed by atoms with van der Waals surface area (Å²) in [7, 11) is -3.92. The molecule has 1 atom stereocenters. The Morgan fingerprint density at radius 3 is 2.51 bits per heavy atom. The zero-order valence-electron chi connectivity index (χ0n) is 19.4. The molecule has 0 aliphatic rings. The molecule has 3 aromatic carbocycles. The van der Waals surface area contributed by atoms with E-state index in [0.717, 1.165) is 28.9 Å². The van der Waals surface area contributed by atoms with Crippen molar-refractivity contribution in [1.82, 2.24) is 19.5 Å². The minimum atomic E-state index is -3.92. The van der Waals surface area contributed by atoms with Crippen LogP contribution in [0.2, 0.25) is 5.02 Å². The second-order valence-electron chi connectivity index (χ2n) is 8.18. The molecule has 4 aromatic rings. The average Bonchev–Trinajstić information content (AvgIpc) is 3.23. The number of hydrogen-bond acceptors (Lipinski definition) is 5. The summed E-state index contributed by atoms with van der Waals surface area (Å²) in [5.41, 5.74) is 4.00. The van der Waals surface area contributed by atoms with Gasteiger partial charge in [-0.15, -0.1) is 10.2 Å². The summed E-state index contributed by atoms with van der Waals surface area (Å²) in [4.78, 5) is -0.0372. The van der Waals surface area contributed by atoms with Gasteiger partial charge < -0.3 is 0 Å². The molecule has 0 spiro atoms. The van der Waals surface area contributed by atoms with E-state index in [1.165, 1.54) is 29.5 Å². The molecule has 1 N–H and O–H groups in total. The lowest BCUT2D eigenvalue weighted by Crippen LogP contribution is -2.29. The Morgan fingerprint density at radius 2 is 1.80 bits per heavy atom. The van der Waals surface area contributed by atoms with E-state index in [4.69, 9.17) is 11.6 Å². The SMILES string of the molecule is Cc1cccc(CSc2nnc(C(C)NS(=O)(=O)c3ccc(F)cc3)n2-c2cc(Cl)ccc2C)c1. The van der Waals surface area contributed by atoms with Crippen LogP contribution in [0.15, 0.2) is 76.8 Å². The second kappa shape index (κ2) is 10.5. The predicted molar refractivity (Wildman–Crippen MR) is 137 cm³/mol. The summed E-state index contributed by atoms with van der Waals surface area (Å²) in [5.74, 6) is 0.561. The lowest BCUT2D eigenvalue weighted by Gasteiger charge is -2.18. The van der Waals surface area contributed by atoms with Crippen LogP contribution >= 0.6 is 23.4 Å². The van der Waals surface area contributed by atoms with Crippen LogP contribution in [0.25, 0.3) is 5.69 Å². The highest BCUT2D eigenvalue weighted by Gasteiger charge is 2.25. The molecule has 6 nitrogen and oxygen atoms in total. The van der Waals surface area contributed by atoms with E-state index in [1.54, 1.807) is 13.0 Å². The first-order valence-electron chi connectivity index (χ1n) is 10.8. The summed E-state index contributed by atoms with van der Waals surface area (Å²) >= 11 is 7.80. The van der Waals surface area contributed by atoms with Crippen LogP contribution < -0.4 is 4.72 Å². The lowest BCUT2D eigenvalue weighted by atomic mass is 10.2. The van der Waals surface area contributed by atoms with Gasteiger partial charge in [0, 0.05) is 10.8 Å². The van der Waals surface area contributed by atoms with Gasteiger partial charge in [-0.3, -0.25) is 4.57 Å². The Morgan fingerprint density at radius 1 is 1.06 bits per heavy atom. The molecule has 0 fully saturated rings. The zero-order chi connectivity index (χ0) is 25.2. The van der Waals surface area contributed by atoms with Gasteiger partial charge in [0.05, 0.1) is 16.6 Å². The third kappa shape index (κ3) is 5.92. The normalized spacial score (nSPS) is 12.6. The molecular formula is C25H24ClFN4O2S2. The molecule has 10 heteroatoms. The fourth-order valence-electron chi connectivity index (χ4n) is 3.62. The number of nitrogens with zero attached hydrogens (tertiary/aromatic N) is 3. The van der Waals surface area contributed by atoms with E-state index < -0.39 is 21.9 Å². The number of rotatable bonds is 8. The van der Waals surface area contributed by atoms with Crippen LogP contribution in [0.4, 0.5) is 4.39 Å². The van der Waals surface area contributed by atoms with E-state index in [0.29, 0.717) is 21.8 Å². The third-order valence-corrected chi connectivity index (χ3v) is 8.16. The molecule has 0 aliphatic carbocycles. The van der Waals surface area contributed by atoms with Gasteiger partial charge in [-0.05, 0) is 68.3 Å². The quantitative estimate of drug-likeness (QED) is 0.282. The largest absolute Gasteiger partial charge is 0.272 e. The summed E-state index contributed by atoms with van der Waals surface area (Å²) in [6.07, 6.45) is 0. The predicted octanol–water partition coefficient (Wildman–Crippen LogP) is 6.01. The first-order chi connectivity index (χ1) is 16.6. The highest BCUT2D eigenvalue weighted by Crippen LogP contribution is 2.31. The molecule has 35 heavy (non-hydrogen) atoms. The molecule has 0 aliphatic heterocycles. The van der Waals surface area contributed by atoms with Gasteiger partial charge in [-0.1, -0.05) is 59.3 Å². The van der Waals surface area contributed by atoms with Crippen LogP contribution in [0, 0.1) is 19.7 Å². The zero-order valence-corrected chi connectivity index (χ0v) is 21.8. The Bertz CT molecular complexity index is 1460. The Kier molecular flexibility index (Phi) is 7.61.